The van der Waals surface area contributed by atoms with Gasteiger partial charge in [-0.1, -0.05) is 12.1 Å². The van der Waals surface area contributed by atoms with Crippen molar-refractivity contribution in [2.24, 2.45) is 0 Å². The first kappa shape index (κ1) is 21.9. The van der Waals surface area contributed by atoms with Crippen molar-refractivity contribution in [3.63, 3.8) is 0 Å². The van der Waals surface area contributed by atoms with Crippen LogP contribution in [-0.2, 0) is 11.2 Å². The van der Waals surface area contributed by atoms with E-state index in [4.69, 9.17) is 14.4 Å². The van der Waals surface area contributed by atoms with E-state index in [2.05, 4.69) is 28.4 Å². The number of thiophene rings is 1. The third-order valence-corrected chi connectivity index (χ3v) is 5.68. The van der Waals surface area contributed by atoms with Crippen molar-refractivity contribution in [1.82, 2.24) is 15.5 Å². The van der Waals surface area contributed by atoms with Gasteiger partial charge in [-0.3, -0.25) is 4.79 Å². The molecule has 0 saturated heterocycles. The number of amides is 1. The quantitative estimate of drug-likeness (QED) is 0.476. The Morgan fingerprint density at radius 2 is 2.03 bits per heavy atom. The number of hydrogen-bond acceptors (Lipinski definition) is 8. The number of hydrogen-bond donors (Lipinski definition) is 3. The monoisotopic (exact) mass is 431 g/mol. The average molecular weight is 432 g/mol. The zero-order chi connectivity index (χ0) is 21.7. The van der Waals surface area contributed by atoms with Gasteiger partial charge >= 0.3 is 0 Å². The smallest absolute Gasteiger partial charge is 0.268 e. The summed E-state index contributed by atoms with van der Waals surface area (Å²) in [5.74, 6) is 1.11. The Kier molecular flexibility index (Phi) is 7.20. The molecule has 8 nitrogen and oxygen atoms in total. The van der Waals surface area contributed by atoms with E-state index in [1.807, 2.05) is 32.0 Å². The predicted molar refractivity (Wildman–Crippen MR) is 113 cm³/mol. The summed E-state index contributed by atoms with van der Waals surface area (Å²) in [4.78, 5) is 17.8. The lowest BCUT2D eigenvalue weighted by Gasteiger charge is -2.16. The van der Waals surface area contributed by atoms with Gasteiger partial charge in [0.15, 0.2) is 0 Å². The molecule has 0 bridgehead atoms. The summed E-state index contributed by atoms with van der Waals surface area (Å²) < 4.78 is 11.2. The lowest BCUT2D eigenvalue weighted by molar-refractivity contribution is -0.124. The van der Waals surface area contributed by atoms with Gasteiger partial charge in [-0.2, -0.15) is 4.98 Å². The Morgan fingerprint density at radius 1 is 1.30 bits per heavy atom. The molecule has 3 aromatic rings. The van der Waals surface area contributed by atoms with Gasteiger partial charge in [0, 0.05) is 17.0 Å². The molecule has 0 aliphatic rings. The van der Waals surface area contributed by atoms with Gasteiger partial charge in [0.1, 0.15) is 25.1 Å². The minimum atomic E-state index is -0.891. The molecule has 2 heterocycles. The van der Waals surface area contributed by atoms with Crippen molar-refractivity contribution in [3.8, 4) is 27.9 Å². The van der Waals surface area contributed by atoms with Crippen LogP contribution in [0.15, 0.2) is 28.8 Å². The molecule has 0 fully saturated rings. The van der Waals surface area contributed by atoms with Crippen LogP contribution in [0.3, 0.4) is 0 Å². The first-order chi connectivity index (χ1) is 14.4. The normalized spacial score (nSPS) is 12.0. The molecule has 0 spiro atoms. The van der Waals surface area contributed by atoms with Gasteiger partial charge in [-0.15, -0.1) is 11.3 Å². The number of aryl methyl sites for hydroxylation is 3. The van der Waals surface area contributed by atoms with Crippen molar-refractivity contribution in [2.45, 2.75) is 33.3 Å². The molecule has 0 radical (unpaired) electrons. The minimum Gasteiger partial charge on any atom is -0.490 e. The molecular formula is C21H25N3O5S. The molecule has 0 aliphatic carbocycles. The largest absolute Gasteiger partial charge is 0.490 e. The van der Waals surface area contributed by atoms with E-state index < -0.39 is 18.6 Å². The van der Waals surface area contributed by atoms with Crippen molar-refractivity contribution >= 4 is 17.2 Å². The number of benzene rings is 1. The Balaban J connectivity index is 1.69. The standard InChI is InChI=1S/C21H25N3O5S/c1-4-16-5-6-17(30-16)21-23-20(24-29-21)14-7-12(2)19(13(3)8-14)28-11-15(26)9-22-18(27)10-25/h5-8,15,25-26H,4,9-11H2,1-3H3,(H,22,27)/t15-/m1/s1. The molecule has 3 N–H and O–H groups in total. The van der Waals surface area contributed by atoms with Crippen molar-refractivity contribution in [2.75, 3.05) is 19.8 Å². The summed E-state index contributed by atoms with van der Waals surface area (Å²) in [6.07, 6.45) is 0.0751. The molecule has 0 unspecified atom stereocenters. The number of carbonyl (C=O) groups excluding carboxylic acids is 1. The molecule has 0 saturated carbocycles. The second kappa shape index (κ2) is 9.84. The van der Waals surface area contributed by atoms with Gasteiger partial charge in [-0.25, -0.2) is 0 Å². The van der Waals surface area contributed by atoms with Crippen molar-refractivity contribution < 1.29 is 24.3 Å². The van der Waals surface area contributed by atoms with Gasteiger partial charge in [0.25, 0.3) is 5.89 Å². The van der Waals surface area contributed by atoms with Crippen LogP contribution in [0.5, 0.6) is 5.75 Å². The summed E-state index contributed by atoms with van der Waals surface area (Å²) in [5.41, 5.74) is 2.55. The fourth-order valence-electron chi connectivity index (χ4n) is 2.96. The number of aliphatic hydroxyl groups excluding tert-OH is 2. The Hall–Kier alpha value is -2.75. The Labute approximate surface area is 178 Å². The van der Waals surface area contributed by atoms with Crippen LogP contribution in [0.4, 0.5) is 0 Å². The minimum absolute atomic E-state index is 0.00364. The molecule has 1 amide bonds. The van der Waals surface area contributed by atoms with Crippen molar-refractivity contribution in [1.29, 1.82) is 0 Å². The topological polar surface area (TPSA) is 118 Å². The van der Waals surface area contributed by atoms with Crippen LogP contribution in [-0.4, -0.2) is 52.1 Å². The molecule has 160 valence electrons. The number of aliphatic hydroxyl groups is 2. The van der Waals surface area contributed by atoms with Gasteiger partial charge in [0.05, 0.1) is 4.88 Å². The molecular weight excluding hydrogens is 406 g/mol. The average Bonchev–Trinajstić information content (AvgIpc) is 3.40. The van der Waals surface area contributed by atoms with Gasteiger partial charge in [-0.05, 0) is 55.7 Å². The summed E-state index contributed by atoms with van der Waals surface area (Å²) in [6.45, 7) is 5.31. The Bertz CT molecular complexity index is 991. The van der Waals surface area contributed by atoms with E-state index in [0.717, 1.165) is 28.0 Å². The fourth-order valence-corrected chi connectivity index (χ4v) is 3.83. The summed E-state index contributed by atoms with van der Waals surface area (Å²) in [7, 11) is 0. The SMILES string of the molecule is CCc1ccc(-c2nc(-c3cc(C)c(OC[C@H](O)CNC(=O)CO)c(C)c3)no2)s1. The Morgan fingerprint density at radius 3 is 2.67 bits per heavy atom. The van der Waals surface area contributed by atoms with Gasteiger partial charge in [0.2, 0.25) is 11.7 Å². The van der Waals surface area contributed by atoms with Crippen LogP contribution < -0.4 is 10.1 Å². The number of rotatable bonds is 9. The van der Waals surface area contributed by atoms with E-state index in [9.17, 15) is 9.90 Å². The number of nitrogens with one attached hydrogen (secondary N) is 1. The molecule has 1 atom stereocenters. The van der Waals surface area contributed by atoms with E-state index in [1.54, 1.807) is 11.3 Å². The first-order valence-corrected chi connectivity index (χ1v) is 10.5. The first-order valence-electron chi connectivity index (χ1n) is 9.64. The molecule has 1 aromatic carbocycles. The zero-order valence-corrected chi connectivity index (χ0v) is 18.0. The molecule has 0 aliphatic heterocycles. The number of carbonyl (C=O) groups is 1. The number of nitrogens with zero attached hydrogens (tertiary/aromatic N) is 2. The van der Waals surface area contributed by atoms with Gasteiger partial charge < -0.3 is 24.8 Å². The lowest BCUT2D eigenvalue weighted by atomic mass is 10.1. The number of ether oxygens (including phenoxy) is 1. The van der Waals surface area contributed by atoms with Crippen LogP contribution in [0, 0.1) is 13.8 Å². The highest BCUT2D eigenvalue weighted by atomic mass is 32.1. The highest BCUT2D eigenvalue weighted by Gasteiger charge is 2.16. The van der Waals surface area contributed by atoms with E-state index in [0.29, 0.717) is 17.5 Å². The molecule has 30 heavy (non-hydrogen) atoms. The maximum Gasteiger partial charge on any atom is 0.268 e. The van der Waals surface area contributed by atoms with Crippen molar-refractivity contribution in [3.05, 3.63) is 40.3 Å². The maximum absolute atomic E-state index is 11.0. The fraction of sp³-hybridized carbons (Fsp3) is 0.381. The van der Waals surface area contributed by atoms with Crippen LogP contribution in [0.25, 0.3) is 22.2 Å². The third kappa shape index (κ3) is 5.24. The van der Waals surface area contributed by atoms with Crippen LogP contribution >= 0.6 is 11.3 Å². The molecule has 2 aromatic heterocycles. The highest BCUT2D eigenvalue weighted by Crippen LogP contribution is 2.32. The third-order valence-electron chi connectivity index (χ3n) is 4.46. The van der Waals surface area contributed by atoms with Crippen LogP contribution in [0.1, 0.15) is 22.9 Å². The van der Waals surface area contributed by atoms with E-state index >= 15 is 0 Å². The van der Waals surface area contributed by atoms with E-state index in [-0.39, 0.29) is 13.2 Å². The summed E-state index contributed by atoms with van der Waals surface area (Å²) in [6, 6.07) is 7.86. The van der Waals surface area contributed by atoms with Crippen LogP contribution in [0.2, 0.25) is 0 Å². The second-order valence-corrected chi connectivity index (χ2v) is 8.08. The molecule has 3 rings (SSSR count). The zero-order valence-electron chi connectivity index (χ0n) is 17.1. The maximum atomic E-state index is 11.0. The summed E-state index contributed by atoms with van der Waals surface area (Å²) >= 11 is 1.64. The highest BCUT2D eigenvalue weighted by molar-refractivity contribution is 7.15. The summed E-state index contributed by atoms with van der Waals surface area (Å²) in [5, 5.41) is 25.1. The second-order valence-electron chi connectivity index (χ2n) is 6.91. The molecule has 9 heteroatoms. The predicted octanol–water partition coefficient (Wildman–Crippen LogP) is 2.49. The van der Waals surface area contributed by atoms with E-state index in [1.165, 1.54) is 4.88 Å². The number of aromatic nitrogens is 2. The lowest BCUT2D eigenvalue weighted by Crippen LogP contribution is -2.36.